The lowest BCUT2D eigenvalue weighted by atomic mass is 10.1. The van der Waals surface area contributed by atoms with E-state index in [1.807, 2.05) is 12.1 Å². The zero-order chi connectivity index (χ0) is 15.3. The maximum Gasteiger partial charge on any atom is 0.161 e. The van der Waals surface area contributed by atoms with E-state index in [2.05, 4.69) is 44.2 Å². The summed E-state index contributed by atoms with van der Waals surface area (Å²) >= 11 is 0. The van der Waals surface area contributed by atoms with Crippen molar-refractivity contribution in [1.82, 2.24) is 4.90 Å². The molecule has 0 aliphatic rings. The summed E-state index contributed by atoms with van der Waals surface area (Å²) < 4.78 is 10.7. The highest BCUT2D eigenvalue weighted by Gasteiger charge is 2.17. The molecule has 0 aliphatic carbocycles. The Bertz CT molecular complexity index is 466. The van der Waals surface area contributed by atoms with E-state index in [4.69, 9.17) is 9.47 Å². The molecule has 0 spiro atoms. The Morgan fingerprint density at radius 1 is 1.15 bits per heavy atom. The van der Waals surface area contributed by atoms with Gasteiger partial charge in [0.1, 0.15) is 0 Å². The summed E-state index contributed by atoms with van der Waals surface area (Å²) in [5, 5.41) is 0. The van der Waals surface area contributed by atoms with Crippen molar-refractivity contribution in [2.24, 2.45) is 0 Å². The summed E-state index contributed by atoms with van der Waals surface area (Å²) in [6.07, 6.45) is 3.04. The maximum absolute atomic E-state index is 5.39. The van der Waals surface area contributed by atoms with E-state index < -0.39 is 8.07 Å². The summed E-state index contributed by atoms with van der Waals surface area (Å²) in [6.45, 7) is 11.9. The van der Waals surface area contributed by atoms with Crippen LogP contribution >= 0.6 is 0 Å². The Balaban J connectivity index is 3.01. The van der Waals surface area contributed by atoms with Crippen LogP contribution in [0.4, 0.5) is 0 Å². The smallest absolute Gasteiger partial charge is 0.161 e. The van der Waals surface area contributed by atoms with Gasteiger partial charge < -0.3 is 14.4 Å². The normalized spacial score (nSPS) is 11.6. The first kappa shape index (κ1) is 16.8. The summed E-state index contributed by atoms with van der Waals surface area (Å²) in [5.74, 6) is 1.52. The standard InChI is InChI=1S/C16H27NO2Si/c1-8-13-9-15(18-3)16(19-4)10-14(13)11-17(2)12-20(5,6)7/h8-10H,1,11-12H2,2-7H3. The van der Waals surface area contributed by atoms with Crippen LogP contribution in [0.25, 0.3) is 6.08 Å². The maximum atomic E-state index is 5.39. The van der Waals surface area contributed by atoms with Gasteiger partial charge in [-0.1, -0.05) is 32.3 Å². The van der Waals surface area contributed by atoms with Gasteiger partial charge in [0.25, 0.3) is 0 Å². The lowest BCUT2D eigenvalue weighted by molar-refractivity contribution is 0.349. The lowest BCUT2D eigenvalue weighted by Gasteiger charge is -2.26. The molecule has 112 valence electrons. The third-order valence-corrected chi connectivity index (χ3v) is 4.54. The van der Waals surface area contributed by atoms with Crippen LogP contribution in [0.15, 0.2) is 18.7 Å². The van der Waals surface area contributed by atoms with Gasteiger partial charge in [-0.05, 0) is 36.5 Å². The Morgan fingerprint density at radius 2 is 1.70 bits per heavy atom. The first-order valence-electron chi connectivity index (χ1n) is 6.86. The predicted molar refractivity (Wildman–Crippen MR) is 89.3 cm³/mol. The van der Waals surface area contributed by atoms with Crippen molar-refractivity contribution < 1.29 is 9.47 Å². The molecule has 0 N–H and O–H groups in total. The molecule has 0 atom stereocenters. The molecular weight excluding hydrogens is 266 g/mol. The van der Waals surface area contributed by atoms with Crippen LogP contribution in [0.2, 0.25) is 19.6 Å². The van der Waals surface area contributed by atoms with Gasteiger partial charge in [-0.15, -0.1) is 0 Å². The summed E-state index contributed by atoms with van der Waals surface area (Å²) in [7, 11) is 4.39. The third-order valence-electron chi connectivity index (χ3n) is 3.05. The van der Waals surface area contributed by atoms with Crippen LogP contribution in [0, 0.1) is 0 Å². The van der Waals surface area contributed by atoms with Gasteiger partial charge in [0.15, 0.2) is 11.5 Å². The van der Waals surface area contributed by atoms with Gasteiger partial charge in [-0.3, -0.25) is 0 Å². The van der Waals surface area contributed by atoms with Crippen molar-refractivity contribution in [3.8, 4) is 11.5 Å². The van der Waals surface area contributed by atoms with Crippen LogP contribution in [0.3, 0.4) is 0 Å². The monoisotopic (exact) mass is 293 g/mol. The molecule has 20 heavy (non-hydrogen) atoms. The third kappa shape index (κ3) is 4.69. The molecule has 0 radical (unpaired) electrons. The zero-order valence-corrected chi connectivity index (χ0v) is 14.6. The molecule has 1 aromatic carbocycles. The Labute approximate surface area is 124 Å². The average Bonchev–Trinajstić information content (AvgIpc) is 2.35. The number of rotatable bonds is 7. The molecule has 0 aromatic heterocycles. The van der Waals surface area contributed by atoms with Gasteiger partial charge in [0.2, 0.25) is 0 Å². The minimum absolute atomic E-state index is 0.749. The van der Waals surface area contributed by atoms with Gasteiger partial charge in [0, 0.05) is 6.54 Å². The van der Waals surface area contributed by atoms with Gasteiger partial charge >= 0.3 is 0 Å². The SMILES string of the molecule is C=Cc1cc(OC)c(OC)cc1CN(C)C[Si](C)(C)C. The molecule has 3 nitrogen and oxygen atoms in total. The first-order chi connectivity index (χ1) is 9.30. The average molecular weight is 293 g/mol. The quantitative estimate of drug-likeness (QED) is 0.716. The molecule has 0 amide bonds. The number of benzene rings is 1. The highest BCUT2D eigenvalue weighted by molar-refractivity contribution is 6.76. The van der Waals surface area contributed by atoms with Crippen LogP contribution < -0.4 is 9.47 Å². The largest absolute Gasteiger partial charge is 0.493 e. The molecule has 0 unspecified atom stereocenters. The fourth-order valence-electron chi connectivity index (χ4n) is 2.42. The van der Waals surface area contributed by atoms with Crippen molar-refractivity contribution in [2.75, 3.05) is 27.4 Å². The minimum Gasteiger partial charge on any atom is -0.493 e. The Hall–Kier alpha value is -1.26. The Kier molecular flexibility index (Phi) is 5.83. The van der Waals surface area contributed by atoms with Crippen molar-refractivity contribution in [1.29, 1.82) is 0 Å². The lowest BCUT2D eigenvalue weighted by Crippen LogP contribution is -2.37. The highest BCUT2D eigenvalue weighted by atomic mass is 28.3. The molecule has 0 bridgehead atoms. The van der Waals surface area contributed by atoms with Crippen LogP contribution in [-0.2, 0) is 6.54 Å². The molecule has 0 aliphatic heterocycles. The second kappa shape index (κ2) is 6.95. The van der Waals surface area contributed by atoms with E-state index in [0.29, 0.717) is 0 Å². The number of hydrogen-bond donors (Lipinski definition) is 0. The van der Waals surface area contributed by atoms with E-state index in [0.717, 1.165) is 29.8 Å². The van der Waals surface area contributed by atoms with Crippen LogP contribution in [0.5, 0.6) is 11.5 Å². The van der Waals surface area contributed by atoms with Crippen molar-refractivity contribution in [2.45, 2.75) is 26.2 Å². The van der Waals surface area contributed by atoms with E-state index in [9.17, 15) is 0 Å². The second-order valence-corrected chi connectivity index (χ2v) is 11.8. The summed E-state index contributed by atoms with van der Waals surface area (Å²) in [4.78, 5) is 2.38. The minimum atomic E-state index is -1.10. The number of methoxy groups -OCH3 is 2. The fraction of sp³-hybridized carbons (Fsp3) is 0.500. The van der Waals surface area contributed by atoms with Gasteiger partial charge in [0.05, 0.1) is 22.3 Å². The zero-order valence-electron chi connectivity index (χ0n) is 13.6. The molecular formula is C16H27NO2Si. The van der Waals surface area contributed by atoms with Crippen LogP contribution in [-0.4, -0.2) is 40.4 Å². The topological polar surface area (TPSA) is 21.7 Å². The van der Waals surface area contributed by atoms with E-state index >= 15 is 0 Å². The number of hydrogen-bond acceptors (Lipinski definition) is 3. The van der Waals surface area contributed by atoms with E-state index in [1.165, 1.54) is 5.56 Å². The molecule has 4 heteroatoms. The highest BCUT2D eigenvalue weighted by Crippen LogP contribution is 2.31. The summed E-state index contributed by atoms with van der Waals surface area (Å²) in [6, 6.07) is 4.04. The predicted octanol–water partition coefficient (Wildman–Crippen LogP) is 3.66. The van der Waals surface area contributed by atoms with E-state index in [-0.39, 0.29) is 0 Å². The fourth-order valence-corrected chi connectivity index (χ4v) is 4.15. The molecule has 0 heterocycles. The summed E-state index contributed by atoms with van der Waals surface area (Å²) in [5.41, 5.74) is 2.32. The second-order valence-electron chi connectivity index (χ2n) is 6.34. The molecule has 0 fully saturated rings. The van der Waals surface area contributed by atoms with Crippen molar-refractivity contribution in [3.63, 3.8) is 0 Å². The van der Waals surface area contributed by atoms with E-state index in [1.54, 1.807) is 14.2 Å². The van der Waals surface area contributed by atoms with Crippen molar-refractivity contribution >= 4 is 14.1 Å². The molecule has 0 saturated heterocycles. The number of ether oxygens (including phenoxy) is 2. The first-order valence-corrected chi connectivity index (χ1v) is 10.6. The van der Waals surface area contributed by atoms with Crippen molar-refractivity contribution in [3.05, 3.63) is 29.8 Å². The Morgan fingerprint density at radius 3 is 2.15 bits per heavy atom. The van der Waals surface area contributed by atoms with Crippen LogP contribution in [0.1, 0.15) is 11.1 Å². The number of nitrogens with zero attached hydrogens (tertiary/aromatic N) is 1. The molecule has 1 aromatic rings. The molecule has 1 rings (SSSR count). The van der Waals surface area contributed by atoms with Gasteiger partial charge in [-0.25, -0.2) is 0 Å². The molecule has 0 saturated carbocycles. The van der Waals surface area contributed by atoms with Gasteiger partial charge in [-0.2, -0.15) is 0 Å².